The summed E-state index contributed by atoms with van der Waals surface area (Å²) in [5, 5.41) is 4.52. The van der Waals surface area contributed by atoms with E-state index >= 15 is 0 Å². The standard InChI is InChI=1S/C16H16N4/c1-11(12-4-2-8-18-10-12)20-15-7-6-14(17)16-13(15)5-3-9-19-16/h2-11,20H,17H2,1H3. The summed E-state index contributed by atoms with van der Waals surface area (Å²) in [6.07, 6.45) is 5.40. The molecule has 0 aliphatic rings. The lowest BCUT2D eigenvalue weighted by Crippen LogP contribution is -2.07. The van der Waals surface area contributed by atoms with Crippen LogP contribution in [0.15, 0.2) is 55.0 Å². The van der Waals surface area contributed by atoms with Crippen molar-refractivity contribution >= 4 is 22.3 Å². The summed E-state index contributed by atoms with van der Waals surface area (Å²) in [4.78, 5) is 8.50. The molecular weight excluding hydrogens is 248 g/mol. The van der Waals surface area contributed by atoms with Crippen LogP contribution >= 0.6 is 0 Å². The maximum Gasteiger partial charge on any atom is 0.0951 e. The van der Waals surface area contributed by atoms with Gasteiger partial charge in [0.25, 0.3) is 0 Å². The average Bonchev–Trinajstić information content (AvgIpc) is 2.51. The number of nitrogens with one attached hydrogen (secondary N) is 1. The molecule has 4 nitrogen and oxygen atoms in total. The van der Waals surface area contributed by atoms with Gasteiger partial charge in [-0.2, -0.15) is 0 Å². The molecule has 0 radical (unpaired) electrons. The third-order valence-electron chi connectivity index (χ3n) is 3.36. The molecule has 1 aromatic carbocycles. The molecule has 0 aliphatic carbocycles. The third kappa shape index (κ3) is 2.28. The van der Waals surface area contributed by atoms with E-state index in [1.807, 2.05) is 36.5 Å². The van der Waals surface area contributed by atoms with Crippen LogP contribution in [0.3, 0.4) is 0 Å². The number of benzene rings is 1. The highest BCUT2D eigenvalue weighted by molar-refractivity contribution is 5.98. The number of hydrogen-bond donors (Lipinski definition) is 2. The Balaban J connectivity index is 1.97. The van der Waals surface area contributed by atoms with Gasteiger partial charge in [0.1, 0.15) is 0 Å². The zero-order chi connectivity index (χ0) is 13.9. The van der Waals surface area contributed by atoms with Crippen LogP contribution in [0.2, 0.25) is 0 Å². The molecular formula is C16H16N4. The Morgan fingerprint density at radius 3 is 2.75 bits per heavy atom. The quantitative estimate of drug-likeness (QED) is 0.712. The second-order valence-electron chi connectivity index (χ2n) is 4.75. The Kier molecular flexibility index (Phi) is 3.21. The van der Waals surface area contributed by atoms with Gasteiger partial charge in [-0.05, 0) is 42.8 Å². The molecule has 20 heavy (non-hydrogen) atoms. The fraction of sp³-hybridized carbons (Fsp3) is 0.125. The highest BCUT2D eigenvalue weighted by atomic mass is 14.9. The first-order valence-electron chi connectivity index (χ1n) is 6.55. The molecule has 3 N–H and O–H groups in total. The molecule has 0 saturated carbocycles. The molecule has 0 bridgehead atoms. The first-order valence-corrected chi connectivity index (χ1v) is 6.55. The van der Waals surface area contributed by atoms with Gasteiger partial charge in [-0.3, -0.25) is 9.97 Å². The van der Waals surface area contributed by atoms with E-state index in [0.29, 0.717) is 5.69 Å². The van der Waals surface area contributed by atoms with Gasteiger partial charge in [-0.1, -0.05) is 6.07 Å². The minimum Gasteiger partial charge on any atom is -0.397 e. The van der Waals surface area contributed by atoms with Crippen molar-refractivity contribution in [2.24, 2.45) is 0 Å². The zero-order valence-corrected chi connectivity index (χ0v) is 11.2. The number of nitrogens with zero attached hydrogens (tertiary/aromatic N) is 2. The van der Waals surface area contributed by atoms with Crippen molar-refractivity contribution in [3.8, 4) is 0 Å². The van der Waals surface area contributed by atoms with Crippen molar-refractivity contribution in [3.05, 3.63) is 60.6 Å². The lowest BCUT2D eigenvalue weighted by molar-refractivity contribution is 0.877. The summed E-state index contributed by atoms with van der Waals surface area (Å²) >= 11 is 0. The number of nitrogens with two attached hydrogens (primary N) is 1. The average molecular weight is 264 g/mol. The van der Waals surface area contributed by atoms with Crippen molar-refractivity contribution in [1.82, 2.24) is 9.97 Å². The van der Waals surface area contributed by atoms with Gasteiger partial charge in [-0.15, -0.1) is 0 Å². The Hall–Kier alpha value is -2.62. The molecule has 0 spiro atoms. The zero-order valence-electron chi connectivity index (χ0n) is 11.2. The van der Waals surface area contributed by atoms with Crippen molar-refractivity contribution in [2.45, 2.75) is 13.0 Å². The molecule has 2 aromatic heterocycles. The second-order valence-corrected chi connectivity index (χ2v) is 4.75. The number of nitrogen functional groups attached to an aromatic ring is 1. The van der Waals surface area contributed by atoms with Gasteiger partial charge in [0.2, 0.25) is 0 Å². The van der Waals surface area contributed by atoms with Crippen LogP contribution in [0.5, 0.6) is 0 Å². The molecule has 1 atom stereocenters. The second kappa shape index (κ2) is 5.17. The van der Waals surface area contributed by atoms with Crippen molar-refractivity contribution in [3.63, 3.8) is 0 Å². The van der Waals surface area contributed by atoms with E-state index in [4.69, 9.17) is 5.73 Å². The molecule has 0 saturated heterocycles. The van der Waals surface area contributed by atoms with E-state index in [-0.39, 0.29) is 6.04 Å². The summed E-state index contributed by atoms with van der Waals surface area (Å²) < 4.78 is 0. The van der Waals surface area contributed by atoms with E-state index in [1.54, 1.807) is 12.4 Å². The molecule has 0 aliphatic heterocycles. The SMILES string of the molecule is CC(Nc1ccc(N)c2ncccc12)c1cccnc1. The molecule has 0 amide bonds. The van der Waals surface area contributed by atoms with Crippen LogP contribution in [0.1, 0.15) is 18.5 Å². The fourth-order valence-corrected chi connectivity index (χ4v) is 2.27. The molecule has 3 rings (SSSR count). The lowest BCUT2D eigenvalue weighted by Gasteiger charge is -2.17. The monoisotopic (exact) mass is 264 g/mol. The first kappa shape index (κ1) is 12.4. The van der Waals surface area contributed by atoms with Gasteiger partial charge >= 0.3 is 0 Å². The van der Waals surface area contributed by atoms with Gasteiger partial charge in [0, 0.05) is 29.7 Å². The topological polar surface area (TPSA) is 63.8 Å². The number of anilines is 2. The van der Waals surface area contributed by atoms with Crippen molar-refractivity contribution in [2.75, 3.05) is 11.1 Å². The van der Waals surface area contributed by atoms with E-state index < -0.39 is 0 Å². The smallest absolute Gasteiger partial charge is 0.0951 e. The fourth-order valence-electron chi connectivity index (χ4n) is 2.27. The van der Waals surface area contributed by atoms with Crippen LogP contribution in [0, 0.1) is 0 Å². The van der Waals surface area contributed by atoms with E-state index in [9.17, 15) is 0 Å². The number of aromatic nitrogens is 2. The van der Waals surface area contributed by atoms with Crippen LogP contribution in [0.4, 0.5) is 11.4 Å². The molecule has 1 unspecified atom stereocenters. The predicted molar refractivity (Wildman–Crippen MR) is 82.4 cm³/mol. The Bertz CT molecular complexity index is 725. The van der Waals surface area contributed by atoms with Gasteiger partial charge < -0.3 is 11.1 Å². The highest BCUT2D eigenvalue weighted by Gasteiger charge is 2.09. The highest BCUT2D eigenvalue weighted by Crippen LogP contribution is 2.29. The van der Waals surface area contributed by atoms with Crippen LogP contribution in [-0.4, -0.2) is 9.97 Å². The Morgan fingerprint density at radius 1 is 1.10 bits per heavy atom. The summed E-state index contributed by atoms with van der Waals surface area (Å²) in [7, 11) is 0. The van der Waals surface area contributed by atoms with E-state index in [0.717, 1.165) is 22.2 Å². The van der Waals surface area contributed by atoms with Crippen molar-refractivity contribution in [1.29, 1.82) is 0 Å². The Labute approximate surface area is 117 Å². The summed E-state index contributed by atoms with van der Waals surface area (Å²) in [6.45, 7) is 2.11. The summed E-state index contributed by atoms with van der Waals surface area (Å²) in [5.41, 5.74) is 9.66. The summed E-state index contributed by atoms with van der Waals surface area (Å²) in [5.74, 6) is 0. The summed E-state index contributed by atoms with van der Waals surface area (Å²) in [6, 6.07) is 12.0. The number of fused-ring (bicyclic) bond motifs is 1. The molecule has 4 heteroatoms. The van der Waals surface area contributed by atoms with Crippen LogP contribution in [0.25, 0.3) is 10.9 Å². The predicted octanol–water partition coefficient (Wildman–Crippen LogP) is 3.39. The Morgan fingerprint density at radius 2 is 1.95 bits per heavy atom. The molecule has 3 aromatic rings. The van der Waals surface area contributed by atoms with Gasteiger partial charge in [0.05, 0.1) is 17.2 Å². The number of rotatable bonds is 3. The van der Waals surface area contributed by atoms with E-state index in [1.165, 1.54) is 0 Å². The van der Waals surface area contributed by atoms with Gasteiger partial charge in [-0.25, -0.2) is 0 Å². The molecule has 0 fully saturated rings. The number of hydrogen-bond acceptors (Lipinski definition) is 4. The lowest BCUT2D eigenvalue weighted by atomic mass is 10.1. The maximum absolute atomic E-state index is 5.97. The minimum atomic E-state index is 0.163. The first-order chi connectivity index (χ1) is 9.75. The van der Waals surface area contributed by atoms with Crippen LogP contribution in [-0.2, 0) is 0 Å². The van der Waals surface area contributed by atoms with Gasteiger partial charge in [0.15, 0.2) is 0 Å². The minimum absolute atomic E-state index is 0.163. The third-order valence-corrected chi connectivity index (χ3v) is 3.36. The number of pyridine rings is 2. The van der Waals surface area contributed by atoms with Crippen LogP contribution < -0.4 is 11.1 Å². The molecule has 100 valence electrons. The van der Waals surface area contributed by atoms with Crippen molar-refractivity contribution < 1.29 is 0 Å². The largest absolute Gasteiger partial charge is 0.397 e. The normalized spacial score (nSPS) is 12.2. The molecule has 2 heterocycles. The van der Waals surface area contributed by atoms with E-state index in [2.05, 4.69) is 28.3 Å². The maximum atomic E-state index is 5.97.